The molecule has 0 aromatic heterocycles. The summed E-state index contributed by atoms with van der Waals surface area (Å²) in [6.45, 7) is 4.07. The van der Waals surface area contributed by atoms with Crippen molar-refractivity contribution in [3.8, 4) is 0 Å². The van der Waals surface area contributed by atoms with E-state index >= 15 is 0 Å². The van der Waals surface area contributed by atoms with E-state index in [2.05, 4.69) is 22.7 Å². The van der Waals surface area contributed by atoms with E-state index < -0.39 is 0 Å². The highest BCUT2D eigenvalue weighted by atomic mass is 32.1. The summed E-state index contributed by atoms with van der Waals surface area (Å²) < 4.78 is 5.14. The van der Waals surface area contributed by atoms with Crippen LogP contribution in [0.4, 0.5) is 0 Å². The largest absolute Gasteiger partial charge is 0.375 e. The lowest BCUT2D eigenvalue weighted by Gasteiger charge is -2.09. The average Bonchev–Trinajstić information content (AvgIpc) is 2.05. The molecule has 0 aromatic carbocycles. The van der Waals surface area contributed by atoms with Gasteiger partial charge in [0, 0.05) is 6.61 Å². The number of nitrogens with two attached hydrogens (primary N) is 1. The molecule has 0 aliphatic carbocycles. The highest BCUT2D eigenvalue weighted by Crippen LogP contribution is 1.91. The lowest BCUT2D eigenvalue weighted by atomic mass is 10.3. The highest BCUT2D eigenvalue weighted by Gasteiger charge is 2.08. The van der Waals surface area contributed by atoms with Crippen molar-refractivity contribution >= 4 is 29.3 Å². The predicted octanol–water partition coefficient (Wildman–Crippen LogP) is -0.200. The minimum absolute atomic E-state index is 0.0167. The minimum Gasteiger partial charge on any atom is -0.375 e. The van der Waals surface area contributed by atoms with E-state index in [1.807, 2.05) is 6.92 Å². The number of nitrogens with zero attached hydrogens (tertiary/aromatic N) is 1. The number of nitrogens with one attached hydrogen (secondary N) is 1. The predicted molar refractivity (Wildman–Crippen MR) is 54.5 cm³/mol. The van der Waals surface area contributed by atoms with Gasteiger partial charge in [-0.15, -0.1) is 0 Å². The molecular formula is C7H13N3O2S. The topological polar surface area (TPSA) is 76.7 Å². The van der Waals surface area contributed by atoms with Crippen molar-refractivity contribution in [1.29, 1.82) is 0 Å². The fourth-order valence-electron chi connectivity index (χ4n) is 0.668. The van der Waals surface area contributed by atoms with Gasteiger partial charge in [-0.1, -0.05) is 0 Å². The molecule has 6 heteroatoms. The minimum atomic E-state index is -0.357. The second-order valence-corrected chi connectivity index (χ2v) is 2.67. The Morgan fingerprint density at radius 2 is 2.46 bits per heavy atom. The van der Waals surface area contributed by atoms with E-state index in [0.29, 0.717) is 12.9 Å². The first-order chi connectivity index (χ1) is 6.11. The number of hydrogen-bond donors (Lipinski definition) is 2. The lowest BCUT2D eigenvalue weighted by molar-refractivity contribution is -0.103. The molecule has 0 heterocycles. The van der Waals surface area contributed by atoms with Crippen LogP contribution in [0.25, 0.3) is 0 Å². The van der Waals surface area contributed by atoms with Crippen LogP contribution in [0.15, 0.2) is 5.10 Å². The van der Waals surface area contributed by atoms with Crippen molar-refractivity contribution in [1.82, 2.24) is 5.43 Å². The second-order valence-electron chi connectivity index (χ2n) is 2.23. The number of thiocarbonyl (C=S) groups is 1. The van der Waals surface area contributed by atoms with Crippen LogP contribution in [0.3, 0.4) is 0 Å². The molecule has 0 saturated heterocycles. The summed E-state index contributed by atoms with van der Waals surface area (Å²) in [7, 11) is 0. The number of ether oxygens (including phenoxy) is 1. The second kappa shape index (κ2) is 6.50. The van der Waals surface area contributed by atoms with Crippen LogP contribution in [-0.4, -0.2) is 29.8 Å². The highest BCUT2D eigenvalue weighted by molar-refractivity contribution is 7.80. The molecule has 1 atom stereocenters. The van der Waals surface area contributed by atoms with Gasteiger partial charge in [0.15, 0.2) is 11.4 Å². The molecule has 74 valence electrons. The first-order valence-electron chi connectivity index (χ1n) is 3.81. The number of rotatable bonds is 5. The smallest absolute Gasteiger partial charge is 0.184 e. The van der Waals surface area contributed by atoms with E-state index in [1.54, 1.807) is 6.92 Å². The van der Waals surface area contributed by atoms with Crippen molar-refractivity contribution in [2.45, 2.75) is 20.0 Å². The standard InChI is InChI=1S/C7H13N3O2S/c1-3-12-5(2)6(4-11)9-10-7(8)13/h4-5H,3H2,1-2H3,(H3,8,10,13). The van der Waals surface area contributed by atoms with Gasteiger partial charge in [0.1, 0.15) is 11.8 Å². The van der Waals surface area contributed by atoms with Gasteiger partial charge in [-0.3, -0.25) is 10.2 Å². The van der Waals surface area contributed by atoms with Gasteiger partial charge >= 0.3 is 0 Å². The number of hydrazone groups is 1. The number of carbonyl (C=O) groups excluding carboxylic acids is 1. The first kappa shape index (κ1) is 12.0. The Balaban J connectivity index is 4.22. The summed E-state index contributed by atoms with van der Waals surface area (Å²) in [5, 5.41) is 3.68. The Labute approximate surface area is 82.3 Å². The molecule has 0 saturated carbocycles. The summed E-state index contributed by atoms with van der Waals surface area (Å²) in [5.41, 5.74) is 7.68. The molecule has 0 bridgehead atoms. The zero-order chi connectivity index (χ0) is 10.3. The summed E-state index contributed by atoms with van der Waals surface area (Å²) >= 11 is 4.52. The lowest BCUT2D eigenvalue weighted by Crippen LogP contribution is -2.30. The zero-order valence-electron chi connectivity index (χ0n) is 7.61. The summed E-state index contributed by atoms with van der Waals surface area (Å²) in [6.07, 6.45) is 0.246. The number of hydrogen-bond acceptors (Lipinski definition) is 4. The van der Waals surface area contributed by atoms with E-state index in [-0.39, 0.29) is 16.9 Å². The molecule has 1 unspecified atom stereocenters. The maximum absolute atomic E-state index is 10.5. The van der Waals surface area contributed by atoms with Gasteiger partial charge in [-0.25, -0.2) is 0 Å². The third kappa shape index (κ3) is 5.26. The Morgan fingerprint density at radius 1 is 1.85 bits per heavy atom. The quantitative estimate of drug-likeness (QED) is 0.280. The third-order valence-corrected chi connectivity index (χ3v) is 1.34. The van der Waals surface area contributed by atoms with Crippen LogP contribution in [0.5, 0.6) is 0 Å². The molecule has 0 amide bonds. The summed E-state index contributed by atoms with van der Waals surface area (Å²) in [6, 6.07) is 0. The van der Waals surface area contributed by atoms with E-state index in [1.165, 1.54) is 0 Å². The Kier molecular flexibility index (Phi) is 5.99. The van der Waals surface area contributed by atoms with Crippen LogP contribution < -0.4 is 11.2 Å². The van der Waals surface area contributed by atoms with Gasteiger partial charge < -0.3 is 10.5 Å². The number of carbonyl (C=O) groups is 1. The fraction of sp³-hybridized carbons (Fsp3) is 0.571. The first-order valence-corrected chi connectivity index (χ1v) is 4.22. The molecule has 0 aromatic rings. The summed E-state index contributed by atoms with van der Waals surface area (Å²) in [5.74, 6) is 0. The Hall–Kier alpha value is -1.01. The van der Waals surface area contributed by atoms with Crippen LogP contribution in [0.2, 0.25) is 0 Å². The van der Waals surface area contributed by atoms with Crippen molar-refractivity contribution in [3.05, 3.63) is 0 Å². The molecule has 0 aliphatic rings. The molecule has 0 aliphatic heterocycles. The Bertz CT molecular complexity index is 218. The number of aldehydes is 1. The molecule has 0 fully saturated rings. The van der Waals surface area contributed by atoms with Crippen LogP contribution in [-0.2, 0) is 9.53 Å². The molecular weight excluding hydrogens is 190 g/mol. The average molecular weight is 203 g/mol. The fourth-order valence-corrected chi connectivity index (χ4v) is 0.714. The zero-order valence-corrected chi connectivity index (χ0v) is 8.43. The monoisotopic (exact) mass is 203 g/mol. The van der Waals surface area contributed by atoms with E-state index in [4.69, 9.17) is 10.5 Å². The van der Waals surface area contributed by atoms with Crippen molar-refractivity contribution in [3.63, 3.8) is 0 Å². The maximum atomic E-state index is 10.5. The summed E-state index contributed by atoms with van der Waals surface area (Å²) in [4.78, 5) is 10.5. The van der Waals surface area contributed by atoms with Crippen LogP contribution in [0.1, 0.15) is 13.8 Å². The Morgan fingerprint density at radius 3 is 2.85 bits per heavy atom. The van der Waals surface area contributed by atoms with Gasteiger partial charge in [-0.2, -0.15) is 5.10 Å². The van der Waals surface area contributed by atoms with Crippen LogP contribution in [0, 0.1) is 0 Å². The SMILES string of the molecule is CCOC(C)C(C=O)=NNC(N)=S. The van der Waals surface area contributed by atoms with Gasteiger partial charge in [0.2, 0.25) is 0 Å². The molecule has 13 heavy (non-hydrogen) atoms. The maximum Gasteiger partial charge on any atom is 0.184 e. The van der Waals surface area contributed by atoms with Crippen LogP contribution >= 0.6 is 12.2 Å². The van der Waals surface area contributed by atoms with Crippen molar-refractivity contribution < 1.29 is 9.53 Å². The molecule has 0 spiro atoms. The van der Waals surface area contributed by atoms with E-state index in [0.717, 1.165) is 0 Å². The molecule has 3 N–H and O–H groups in total. The van der Waals surface area contributed by atoms with Gasteiger partial charge in [-0.05, 0) is 26.1 Å². The third-order valence-electron chi connectivity index (χ3n) is 1.25. The van der Waals surface area contributed by atoms with Gasteiger partial charge in [0.05, 0.1) is 0 Å². The van der Waals surface area contributed by atoms with Crippen molar-refractivity contribution in [2.75, 3.05) is 6.61 Å². The molecule has 5 nitrogen and oxygen atoms in total. The molecule has 0 rings (SSSR count). The van der Waals surface area contributed by atoms with Gasteiger partial charge in [0.25, 0.3) is 0 Å². The molecule has 0 radical (unpaired) electrons. The normalized spacial score (nSPS) is 13.5. The van der Waals surface area contributed by atoms with Crippen molar-refractivity contribution in [2.24, 2.45) is 10.8 Å². The van der Waals surface area contributed by atoms with E-state index in [9.17, 15) is 4.79 Å².